The largest absolute Gasteiger partial charge is 0.346 e. The lowest BCUT2D eigenvalue weighted by atomic mass is 10.2. The summed E-state index contributed by atoms with van der Waals surface area (Å²) >= 11 is 0. The van der Waals surface area contributed by atoms with E-state index in [9.17, 15) is 4.39 Å². The summed E-state index contributed by atoms with van der Waals surface area (Å²) < 4.78 is 15.1. The quantitative estimate of drug-likeness (QED) is 0.838. The van der Waals surface area contributed by atoms with Crippen LogP contribution in [0.4, 0.5) is 4.39 Å². The SMILES string of the molecule is CC(C)NCCn1ccc2cc(F)ccc21. The molecule has 0 aliphatic heterocycles. The number of halogens is 1. The van der Waals surface area contributed by atoms with Crippen LogP contribution < -0.4 is 5.32 Å². The van der Waals surface area contributed by atoms with Gasteiger partial charge in [-0.1, -0.05) is 13.8 Å². The van der Waals surface area contributed by atoms with Gasteiger partial charge in [-0.3, -0.25) is 0 Å². The summed E-state index contributed by atoms with van der Waals surface area (Å²) in [5.74, 6) is -0.175. The Hall–Kier alpha value is -1.35. The molecule has 2 aromatic rings. The van der Waals surface area contributed by atoms with Gasteiger partial charge < -0.3 is 9.88 Å². The van der Waals surface area contributed by atoms with Crippen LogP contribution in [0.3, 0.4) is 0 Å². The van der Waals surface area contributed by atoms with Crippen LogP contribution in [0.25, 0.3) is 10.9 Å². The Morgan fingerprint density at radius 3 is 2.88 bits per heavy atom. The van der Waals surface area contributed by atoms with Crippen molar-refractivity contribution in [3.8, 4) is 0 Å². The van der Waals surface area contributed by atoms with Crippen molar-refractivity contribution in [1.29, 1.82) is 0 Å². The molecule has 0 unspecified atom stereocenters. The maximum atomic E-state index is 13.0. The predicted molar refractivity (Wildman–Crippen MR) is 65.0 cm³/mol. The maximum absolute atomic E-state index is 13.0. The summed E-state index contributed by atoms with van der Waals surface area (Å²) in [4.78, 5) is 0. The Labute approximate surface area is 95.1 Å². The molecule has 0 spiro atoms. The highest BCUT2D eigenvalue weighted by Crippen LogP contribution is 2.16. The number of nitrogens with zero attached hydrogens (tertiary/aromatic N) is 1. The minimum absolute atomic E-state index is 0.175. The monoisotopic (exact) mass is 220 g/mol. The molecule has 0 radical (unpaired) electrons. The third-order valence-electron chi connectivity index (χ3n) is 2.64. The van der Waals surface area contributed by atoms with E-state index in [1.54, 1.807) is 6.07 Å². The summed E-state index contributed by atoms with van der Waals surface area (Å²) in [6, 6.07) is 7.36. The number of rotatable bonds is 4. The van der Waals surface area contributed by atoms with Crippen molar-refractivity contribution in [3.05, 3.63) is 36.3 Å². The smallest absolute Gasteiger partial charge is 0.123 e. The van der Waals surface area contributed by atoms with Crippen molar-refractivity contribution in [1.82, 2.24) is 9.88 Å². The number of hydrogen-bond donors (Lipinski definition) is 1. The Bertz CT molecular complexity index is 474. The molecule has 1 aromatic heterocycles. The van der Waals surface area contributed by atoms with Crippen molar-refractivity contribution in [2.45, 2.75) is 26.4 Å². The number of hydrogen-bond acceptors (Lipinski definition) is 1. The highest BCUT2D eigenvalue weighted by atomic mass is 19.1. The highest BCUT2D eigenvalue weighted by molar-refractivity contribution is 5.80. The minimum Gasteiger partial charge on any atom is -0.346 e. The molecule has 0 saturated carbocycles. The van der Waals surface area contributed by atoms with E-state index in [0.29, 0.717) is 6.04 Å². The number of fused-ring (bicyclic) bond motifs is 1. The molecule has 0 amide bonds. The van der Waals surface area contributed by atoms with E-state index >= 15 is 0 Å². The van der Waals surface area contributed by atoms with Gasteiger partial charge in [0.05, 0.1) is 0 Å². The fraction of sp³-hybridized carbons (Fsp3) is 0.385. The maximum Gasteiger partial charge on any atom is 0.123 e. The van der Waals surface area contributed by atoms with Crippen LogP contribution in [0.5, 0.6) is 0 Å². The predicted octanol–water partition coefficient (Wildman–Crippen LogP) is 2.78. The first kappa shape index (κ1) is 11.1. The van der Waals surface area contributed by atoms with Crippen molar-refractivity contribution in [2.75, 3.05) is 6.54 Å². The van der Waals surface area contributed by atoms with E-state index < -0.39 is 0 Å². The Morgan fingerprint density at radius 1 is 1.31 bits per heavy atom. The first-order chi connectivity index (χ1) is 7.66. The van der Waals surface area contributed by atoms with Crippen molar-refractivity contribution in [3.63, 3.8) is 0 Å². The molecule has 0 saturated heterocycles. The summed E-state index contributed by atoms with van der Waals surface area (Å²) in [6.07, 6.45) is 2.01. The zero-order valence-corrected chi connectivity index (χ0v) is 9.70. The van der Waals surface area contributed by atoms with E-state index in [1.807, 2.05) is 18.3 Å². The molecule has 0 aliphatic rings. The molecule has 0 bridgehead atoms. The molecule has 0 atom stereocenters. The molecule has 86 valence electrons. The van der Waals surface area contributed by atoms with Crippen LogP contribution in [0.2, 0.25) is 0 Å². The molecule has 0 aliphatic carbocycles. The molecule has 1 aromatic carbocycles. The summed E-state index contributed by atoms with van der Waals surface area (Å²) in [7, 11) is 0. The molecule has 1 N–H and O–H groups in total. The normalized spacial score (nSPS) is 11.5. The van der Waals surface area contributed by atoms with Gasteiger partial charge in [-0.15, -0.1) is 0 Å². The second-order valence-electron chi connectivity index (χ2n) is 4.32. The van der Waals surface area contributed by atoms with Gasteiger partial charge in [-0.05, 0) is 24.3 Å². The molecular formula is C13H17FN2. The lowest BCUT2D eigenvalue weighted by Crippen LogP contribution is -2.26. The summed E-state index contributed by atoms with van der Waals surface area (Å²) in [6.45, 7) is 6.10. The van der Waals surface area contributed by atoms with Gasteiger partial charge in [0.1, 0.15) is 5.82 Å². The zero-order chi connectivity index (χ0) is 11.5. The Balaban J connectivity index is 2.13. The molecule has 2 rings (SSSR count). The number of aromatic nitrogens is 1. The number of nitrogens with one attached hydrogen (secondary N) is 1. The second-order valence-corrected chi connectivity index (χ2v) is 4.32. The lowest BCUT2D eigenvalue weighted by Gasteiger charge is -2.09. The van der Waals surface area contributed by atoms with Crippen LogP contribution in [0.1, 0.15) is 13.8 Å². The van der Waals surface area contributed by atoms with Crippen molar-refractivity contribution in [2.24, 2.45) is 0 Å². The average Bonchev–Trinajstić information content (AvgIpc) is 2.60. The number of benzene rings is 1. The van der Waals surface area contributed by atoms with E-state index in [2.05, 4.69) is 23.7 Å². The second kappa shape index (κ2) is 4.66. The van der Waals surface area contributed by atoms with Crippen molar-refractivity contribution >= 4 is 10.9 Å². The van der Waals surface area contributed by atoms with Crippen LogP contribution in [0.15, 0.2) is 30.5 Å². The first-order valence-electron chi connectivity index (χ1n) is 5.64. The van der Waals surface area contributed by atoms with Crippen LogP contribution in [0, 0.1) is 5.82 Å². The van der Waals surface area contributed by atoms with E-state index in [1.165, 1.54) is 6.07 Å². The molecule has 16 heavy (non-hydrogen) atoms. The molecular weight excluding hydrogens is 203 g/mol. The lowest BCUT2D eigenvalue weighted by molar-refractivity contribution is 0.548. The first-order valence-corrected chi connectivity index (χ1v) is 5.64. The third kappa shape index (κ3) is 2.42. The van der Waals surface area contributed by atoms with Gasteiger partial charge in [-0.25, -0.2) is 4.39 Å². The van der Waals surface area contributed by atoms with Gasteiger partial charge in [-0.2, -0.15) is 0 Å². The summed E-state index contributed by atoms with van der Waals surface area (Å²) in [5.41, 5.74) is 1.09. The standard InChI is InChI=1S/C13H17FN2/c1-10(2)15-6-8-16-7-5-11-9-12(14)3-4-13(11)16/h3-5,7,9-10,15H,6,8H2,1-2H3. The van der Waals surface area contributed by atoms with Crippen LogP contribution in [-0.4, -0.2) is 17.2 Å². The average molecular weight is 220 g/mol. The molecule has 2 nitrogen and oxygen atoms in total. The van der Waals surface area contributed by atoms with Gasteiger partial charge in [0.2, 0.25) is 0 Å². The Kier molecular flexibility index (Phi) is 3.25. The van der Waals surface area contributed by atoms with E-state index in [-0.39, 0.29) is 5.82 Å². The van der Waals surface area contributed by atoms with Crippen molar-refractivity contribution < 1.29 is 4.39 Å². The van der Waals surface area contributed by atoms with Gasteiger partial charge in [0.25, 0.3) is 0 Å². The van der Waals surface area contributed by atoms with Gasteiger partial charge >= 0.3 is 0 Å². The van der Waals surface area contributed by atoms with Crippen LogP contribution >= 0.6 is 0 Å². The van der Waals surface area contributed by atoms with Gasteiger partial charge in [0, 0.05) is 36.2 Å². The van der Waals surface area contributed by atoms with Crippen LogP contribution in [-0.2, 0) is 6.54 Å². The van der Waals surface area contributed by atoms with Gasteiger partial charge in [0.15, 0.2) is 0 Å². The summed E-state index contributed by atoms with van der Waals surface area (Å²) in [5, 5.41) is 4.33. The topological polar surface area (TPSA) is 17.0 Å². The van der Waals surface area contributed by atoms with E-state index in [0.717, 1.165) is 24.0 Å². The fourth-order valence-corrected chi connectivity index (χ4v) is 1.84. The third-order valence-corrected chi connectivity index (χ3v) is 2.64. The fourth-order valence-electron chi connectivity index (χ4n) is 1.84. The minimum atomic E-state index is -0.175. The zero-order valence-electron chi connectivity index (χ0n) is 9.70. The molecule has 3 heteroatoms. The molecule has 1 heterocycles. The highest BCUT2D eigenvalue weighted by Gasteiger charge is 2.01. The van der Waals surface area contributed by atoms with E-state index in [4.69, 9.17) is 0 Å². The Morgan fingerprint density at radius 2 is 2.12 bits per heavy atom. The molecule has 0 fully saturated rings.